The SMILES string of the molecule is C[C@H](NC(=O)[C@@H]1C[C@@H](O)CN1C(=O)[C@@H](n1cc(C2CCN(CC3(COc4cc(Oc5cncnc5)nc(-c5noc6c5CCC[C@@]65CCCc6sc(N)c(C#N)c65)n4)CC3)CC2)nn1)C(C)(C)C)c1ccc(-c2cnccn2)cc1. The van der Waals surface area contributed by atoms with Gasteiger partial charge in [-0.15, -0.1) is 16.4 Å². The number of aliphatic hydroxyl groups is 1. The molecule has 22 heteroatoms. The smallest absolute Gasteiger partial charge is 0.248 e. The predicted molar refractivity (Wildman–Crippen MR) is 294 cm³/mol. The van der Waals surface area contributed by atoms with Crippen molar-refractivity contribution in [2.45, 2.75) is 134 Å². The Bertz CT molecular complexity index is 3430. The molecular weight excluding hydrogens is 1030 g/mol. The van der Waals surface area contributed by atoms with E-state index in [9.17, 15) is 20.0 Å². The van der Waals surface area contributed by atoms with Crippen molar-refractivity contribution in [1.82, 2.24) is 65.2 Å². The molecular formula is C58H65N15O6S. The second kappa shape index (κ2) is 21.4. The highest BCUT2D eigenvalue weighted by Crippen LogP contribution is 2.55. The number of β-amino-alcohol motifs (C(OH)–C–C–N with tert-alkyl or cyclic N) is 1. The lowest BCUT2D eigenvalue weighted by Gasteiger charge is -2.39. The van der Waals surface area contributed by atoms with Gasteiger partial charge in [-0.25, -0.2) is 14.6 Å². The maximum absolute atomic E-state index is 14.7. The number of nitrogens with one attached hydrogen (secondary N) is 1. The molecule has 3 fully saturated rings. The monoisotopic (exact) mass is 1100 g/mol. The molecule has 8 heterocycles. The van der Waals surface area contributed by atoms with Crippen LogP contribution in [0.15, 0.2) is 78.4 Å². The van der Waals surface area contributed by atoms with Crippen molar-refractivity contribution >= 4 is 28.2 Å². The Morgan fingerprint density at radius 3 is 2.50 bits per heavy atom. The molecule has 2 saturated heterocycles. The molecule has 80 heavy (non-hydrogen) atoms. The standard InChI is InChI=1S/C58H65N15O6S/c1-34(35-9-11-36(12-10-35)42-28-61-19-20-64-42)65-54(75)44-23-38(74)29-72(44)55(76)50(56(2,3)4)73-30-43(68-70-73)37-13-21-71(22-14-37)31-57(17-18-57)32-77-46-24-47(78-39-26-62-33-63-27-39)67-53(66-46)49-40-7-5-15-58(51(40)79-69-49)16-6-8-45-48(58)41(25-59)52(60)80-45/h9-12,19-20,24,26-28,30,33-34,37-38,44,50,74H,5-8,13-18,21-23,29,31-32,60H2,1-4H3,(H,65,75)/t34-,38+,44-,50+,58-/m0/s1. The van der Waals surface area contributed by atoms with E-state index in [1.165, 1.54) is 22.6 Å². The zero-order chi connectivity index (χ0) is 55.3. The first-order valence-electron chi connectivity index (χ1n) is 27.7. The van der Waals surface area contributed by atoms with Crippen LogP contribution in [-0.4, -0.2) is 122 Å². The van der Waals surface area contributed by atoms with Crippen LogP contribution in [0.5, 0.6) is 17.5 Å². The lowest BCUT2D eigenvalue weighted by molar-refractivity contribution is -0.144. The normalized spacial score (nSPS) is 21.5. The fraction of sp³-hybridized carbons (Fsp3) is 0.483. The van der Waals surface area contributed by atoms with Gasteiger partial charge in [-0.05, 0) is 101 Å². The summed E-state index contributed by atoms with van der Waals surface area (Å²) in [5, 5.41) is 38.7. The zero-order valence-corrected chi connectivity index (χ0v) is 46.2. The summed E-state index contributed by atoms with van der Waals surface area (Å²) in [6, 6.07) is 9.89. The van der Waals surface area contributed by atoms with Crippen molar-refractivity contribution in [3.8, 4) is 46.4 Å². The van der Waals surface area contributed by atoms with Crippen molar-refractivity contribution < 1.29 is 28.7 Å². The summed E-state index contributed by atoms with van der Waals surface area (Å²) < 4.78 is 20.8. The molecule has 1 aromatic carbocycles. The highest BCUT2D eigenvalue weighted by Gasteiger charge is 2.50. The summed E-state index contributed by atoms with van der Waals surface area (Å²) in [4.78, 5) is 60.4. The van der Waals surface area contributed by atoms with Crippen LogP contribution in [-0.2, 0) is 27.8 Å². The van der Waals surface area contributed by atoms with Crippen molar-refractivity contribution in [3.05, 3.63) is 112 Å². The van der Waals surface area contributed by atoms with Gasteiger partial charge in [0.2, 0.25) is 23.6 Å². The van der Waals surface area contributed by atoms with Crippen LogP contribution in [0.4, 0.5) is 5.00 Å². The Hall–Kier alpha value is -7.74. The minimum Gasteiger partial charge on any atom is -0.477 e. The molecule has 12 rings (SSSR count). The van der Waals surface area contributed by atoms with Gasteiger partial charge < -0.3 is 40.0 Å². The number of aromatic nitrogens is 10. The number of carbonyl (C=O) groups is 2. The fourth-order valence-electron chi connectivity index (χ4n) is 12.7. The lowest BCUT2D eigenvalue weighted by atomic mass is 9.63. The largest absolute Gasteiger partial charge is 0.477 e. The van der Waals surface area contributed by atoms with E-state index in [0.29, 0.717) is 40.3 Å². The van der Waals surface area contributed by atoms with Gasteiger partial charge in [0.1, 0.15) is 29.5 Å². The van der Waals surface area contributed by atoms with Crippen molar-refractivity contribution in [1.29, 1.82) is 5.26 Å². The van der Waals surface area contributed by atoms with E-state index in [1.54, 1.807) is 41.7 Å². The number of fused-ring (bicyclic) bond motifs is 4. The first-order valence-corrected chi connectivity index (χ1v) is 28.5. The summed E-state index contributed by atoms with van der Waals surface area (Å²) in [7, 11) is 0. The molecule has 21 nitrogen and oxygen atoms in total. The lowest BCUT2D eigenvalue weighted by Crippen LogP contribution is -2.50. The van der Waals surface area contributed by atoms with E-state index in [2.05, 4.69) is 51.7 Å². The van der Waals surface area contributed by atoms with Crippen LogP contribution in [0.25, 0.3) is 22.8 Å². The summed E-state index contributed by atoms with van der Waals surface area (Å²) in [5.74, 6) is 1.65. The van der Waals surface area contributed by atoms with Crippen LogP contribution in [0.1, 0.15) is 142 Å². The third kappa shape index (κ3) is 10.4. The molecule has 1 saturated carbocycles. The van der Waals surface area contributed by atoms with E-state index in [4.69, 9.17) is 29.7 Å². The van der Waals surface area contributed by atoms with Gasteiger partial charge in [0, 0.05) is 65.4 Å². The Morgan fingerprint density at radius 2 is 1.77 bits per heavy atom. The van der Waals surface area contributed by atoms with Crippen molar-refractivity contribution in [2.75, 3.05) is 38.5 Å². The number of amides is 2. The molecule has 5 atom stereocenters. The minimum atomic E-state index is -0.853. The van der Waals surface area contributed by atoms with Crippen molar-refractivity contribution in [2.24, 2.45) is 10.8 Å². The van der Waals surface area contributed by atoms with Crippen LogP contribution in [0.3, 0.4) is 0 Å². The van der Waals surface area contributed by atoms with Crippen LogP contribution in [0.2, 0.25) is 0 Å². The second-order valence-corrected chi connectivity index (χ2v) is 24.6. The maximum atomic E-state index is 14.7. The van der Waals surface area contributed by atoms with Gasteiger partial charge in [-0.1, -0.05) is 55.4 Å². The Balaban J connectivity index is 0.695. The Morgan fingerprint density at radius 1 is 1.01 bits per heavy atom. The number of likely N-dealkylation sites (tertiary alicyclic amines) is 2. The van der Waals surface area contributed by atoms with E-state index in [1.807, 2.05) is 58.2 Å². The minimum absolute atomic E-state index is 0.0437. The second-order valence-electron chi connectivity index (χ2n) is 23.5. The molecule has 6 aromatic heterocycles. The maximum Gasteiger partial charge on any atom is 0.248 e. The number of nitrogens with zero attached hydrogens (tertiary/aromatic N) is 13. The van der Waals surface area contributed by atoms with Crippen LogP contribution in [0, 0.1) is 22.2 Å². The van der Waals surface area contributed by atoms with E-state index in [0.717, 1.165) is 128 Å². The van der Waals surface area contributed by atoms with E-state index in [-0.39, 0.29) is 48.0 Å². The fourth-order valence-corrected chi connectivity index (χ4v) is 13.8. The molecule has 0 unspecified atom stereocenters. The molecule has 2 amide bonds. The Labute approximate surface area is 467 Å². The van der Waals surface area contributed by atoms with Gasteiger partial charge in [-0.3, -0.25) is 19.6 Å². The number of aliphatic hydroxyl groups excluding tert-OH is 1. The van der Waals surface area contributed by atoms with Gasteiger partial charge in [0.05, 0.1) is 65.8 Å². The number of aryl methyl sites for hydroxylation is 1. The highest BCUT2D eigenvalue weighted by atomic mass is 32.1. The number of anilines is 1. The number of piperidine rings is 1. The molecule has 5 aliphatic rings. The number of carbonyl (C=O) groups excluding carboxylic acids is 2. The highest BCUT2D eigenvalue weighted by molar-refractivity contribution is 7.16. The molecule has 414 valence electrons. The molecule has 2 aliphatic heterocycles. The van der Waals surface area contributed by atoms with Gasteiger partial charge in [0.15, 0.2) is 23.0 Å². The first-order chi connectivity index (χ1) is 38.7. The number of ether oxygens (including phenoxy) is 2. The molecule has 0 bridgehead atoms. The molecule has 7 aromatic rings. The number of nitrogens with two attached hydrogens (primary N) is 1. The number of nitriles is 1. The Kier molecular flexibility index (Phi) is 14.1. The molecule has 4 N–H and O–H groups in total. The number of hydrogen-bond acceptors (Lipinski definition) is 19. The van der Waals surface area contributed by atoms with Crippen LogP contribution < -0.4 is 20.5 Å². The molecule has 3 aliphatic carbocycles. The molecule has 0 radical (unpaired) electrons. The number of nitrogen functional groups attached to an aromatic ring is 1. The summed E-state index contributed by atoms with van der Waals surface area (Å²) in [5.41, 5.74) is 11.7. The third-order valence-corrected chi connectivity index (χ3v) is 18.0. The number of hydrogen-bond donors (Lipinski definition) is 3. The number of thiophene rings is 1. The summed E-state index contributed by atoms with van der Waals surface area (Å²) in [6.45, 7) is 10.9. The quantitative estimate of drug-likeness (QED) is 0.0887. The van der Waals surface area contributed by atoms with E-state index >= 15 is 0 Å². The molecule has 1 spiro atoms. The predicted octanol–water partition coefficient (Wildman–Crippen LogP) is 7.70. The topological polar surface area (TPSA) is 275 Å². The summed E-state index contributed by atoms with van der Waals surface area (Å²) >= 11 is 1.51. The van der Waals surface area contributed by atoms with E-state index < -0.39 is 29.0 Å². The average molecular weight is 1100 g/mol. The zero-order valence-electron chi connectivity index (χ0n) is 45.4. The number of benzene rings is 1. The number of rotatable bonds is 15. The third-order valence-electron chi connectivity index (χ3n) is 16.9. The van der Waals surface area contributed by atoms with Gasteiger partial charge in [-0.2, -0.15) is 15.2 Å². The average Bonchev–Trinajstić information content (AvgIpc) is 3.93. The summed E-state index contributed by atoms with van der Waals surface area (Å²) in [6.07, 6.45) is 19.6. The van der Waals surface area contributed by atoms with Gasteiger partial charge >= 0.3 is 0 Å². The first kappa shape index (κ1) is 52.9. The van der Waals surface area contributed by atoms with Crippen molar-refractivity contribution in [3.63, 3.8) is 0 Å². The van der Waals surface area contributed by atoms with Gasteiger partial charge in [0.25, 0.3) is 0 Å². The van der Waals surface area contributed by atoms with Crippen LogP contribution >= 0.6 is 11.3 Å².